The number of rotatable bonds is 4. The summed E-state index contributed by atoms with van der Waals surface area (Å²) < 4.78 is 10.7. The van der Waals surface area contributed by atoms with Crippen LogP contribution in [0.3, 0.4) is 0 Å². The summed E-state index contributed by atoms with van der Waals surface area (Å²) >= 11 is 0. The number of benzene rings is 1. The lowest BCUT2D eigenvalue weighted by atomic mass is 10.0. The molecule has 3 heteroatoms. The maximum absolute atomic E-state index is 5.33. The molecule has 0 aliphatic heterocycles. The molecule has 0 spiro atoms. The molecule has 2 rings (SSSR count). The molecule has 0 unspecified atom stereocenters. The van der Waals surface area contributed by atoms with Crippen LogP contribution < -0.4 is 4.74 Å². The van der Waals surface area contributed by atoms with Crippen molar-refractivity contribution in [1.29, 1.82) is 0 Å². The van der Waals surface area contributed by atoms with Gasteiger partial charge in [0.15, 0.2) is 0 Å². The predicted octanol–water partition coefficient (Wildman–Crippen LogP) is 3.46. The van der Waals surface area contributed by atoms with Crippen molar-refractivity contribution in [3.8, 4) is 17.0 Å². The van der Waals surface area contributed by atoms with Gasteiger partial charge in [0.25, 0.3) is 0 Å². The average molecular weight is 243 g/mol. The van der Waals surface area contributed by atoms with Crippen LogP contribution in [0.25, 0.3) is 11.3 Å². The van der Waals surface area contributed by atoms with Crippen molar-refractivity contribution in [2.24, 2.45) is 0 Å². The highest BCUT2D eigenvalue weighted by Gasteiger charge is 2.09. The zero-order valence-corrected chi connectivity index (χ0v) is 10.9. The van der Waals surface area contributed by atoms with E-state index in [-0.39, 0.29) is 6.10 Å². The van der Waals surface area contributed by atoms with E-state index >= 15 is 0 Å². The van der Waals surface area contributed by atoms with Gasteiger partial charge in [-0.2, -0.15) is 0 Å². The van der Waals surface area contributed by atoms with Crippen LogP contribution in [0.4, 0.5) is 0 Å². The number of aromatic nitrogens is 1. The second-order valence-electron chi connectivity index (χ2n) is 4.06. The van der Waals surface area contributed by atoms with E-state index in [9.17, 15) is 0 Å². The Kier molecular flexibility index (Phi) is 3.95. The Hall–Kier alpha value is -1.87. The summed E-state index contributed by atoms with van der Waals surface area (Å²) in [6.07, 6.45) is 1.84. The van der Waals surface area contributed by atoms with E-state index in [4.69, 9.17) is 9.47 Å². The Morgan fingerprint density at radius 1 is 1.11 bits per heavy atom. The van der Waals surface area contributed by atoms with Gasteiger partial charge < -0.3 is 9.47 Å². The van der Waals surface area contributed by atoms with Crippen LogP contribution in [0.1, 0.15) is 18.6 Å². The van der Waals surface area contributed by atoms with Gasteiger partial charge >= 0.3 is 0 Å². The molecule has 2 aromatic rings. The molecule has 1 heterocycles. The molecule has 1 aromatic heterocycles. The van der Waals surface area contributed by atoms with Gasteiger partial charge in [-0.3, -0.25) is 4.98 Å². The monoisotopic (exact) mass is 243 g/mol. The van der Waals surface area contributed by atoms with Crippen LogP contribution in [0.5, 0.6) is 5.75 Å². The molecule has 0 radical (unpaired) electrons. The zero-order valence-electron chi connectivity index (χ0n) is 10.9. The van der Waals surface area contributed by atoms with Crippen molar-refractivity contribution in [3.05, 3.63) is 48.2 Å². The summed E-state index contributed by atoms with van der Waals surface area (Å²) in [7, 11) is 3.36. The maximum Gasteiger partial charge on any atom is 0.145 e. The first-order chi connectivity index (χ1) is 8.76. The van der Waals surface area contributed by atoms with E-state index < -0.39 is 0 Å². The summed E-state index contributed by atoms with van der Waals surface area (Å²) in [5.41, 5.74) is 3.02. The summed E-state index contributed by atoms with van der Waals surface area (Å²) in [5, 5.41) is 0. The van der Waals surface area contributed by atoms with Gasteiger partial charge in [0.05, 0.1) is 13.2 Å². The fourth-order valence-electron chi connectivity index (χ4n) is 1.85. The molecular weight excluding hydrogens is 226 g/mol. The van der Waals surface area contributed by atoms with Crippen LogP contribution in [0, 0.1) is 0 Å². The fourth-order valence-corrected chi connectivity index (χ4v) is 1.85. The Balaban J connectivity index is 2.44. The number of hydrogen-bond donors (Lipinski definition) is 0. The normalized spacial score (nSPS) is 12.2. The minimum absolute atomic E-state index is 0.0691. The van der Waals surface area contributed by atoms with Gasteiger partial charge in [0, 0.05) is 18.9 Å². The Morgan fingerprint density at radius 2 is 1.94 bits per heavy atom. The van der Waals surface area contributed by atoms with Crippen molar-refractivity contribution < 1.29 is 9.47 Å². The second-order valence-corrected chi connectivity index (χ2v) is 4.06. The molecule has 0 bridgehead atoms. The van der Waals surface area contributed by atoms with Crippen molar-refractivity contribution in [3.63, 3.8) is 0 Å². The van der Waals surface area contributed by atoms with E-state index in [2.05, 4.69) is 11.1 Å². The number of methoxy groups -OCH3 is 2. The first kappa shape index (κ1) is 12.6. The summed E-state index contributed by atoms with van der Waals surface area (Å²) in [4.78, 5) is 4.38. The Morgan fingerprint density at radius 3 is 2.67 bits per heavy atom. The Bertz CT molecular complexity index is 525. The number of pyridine rings is 1. The molecule has 0 aliphatic carbocycles. The van der Waals surface area contributed by atoms with E-state index in [1.54, 1.807) is 20.4 Å². The lowest BCUT2D eigenvalue weighted by molar-refractivity contribution is 0.119. The molecule has 1 aromatic carbocycles. The highest BCUT2D eigenvalue weighted by Crippen LogP contribution is 2.29. The molecule has 94 valence electrons. The van der Waals surface area contributed by atoms with Gasteiger partial charge in [0.2, 0.25) is 0 Å². The highest BCUT2D eigenvalue weighted by molar-refractivity contribution is 5.66. The van der Waals surface area contributed by atoms with Crippen LogP contribution >= 0.6 is 0 Å². The van der Waals surface area contributed by atoms with Crippen LogP contribution in [-0.4, -0.2) is 19.2 Å². The van der Waals surface area contributed by atoms with Crippen molar-refractivity contribution in [2.75, 3.05) is 14.2 Å². The first-order valence-electron chi connectivity index (χ1n) is 5.88. The average Bonchev–Trinajstić information content (AvgIpc) is 2.46. The molecule has 18 heavy (non-hydrogen) atoms. The molecular formula is C15H17NO2. The van der Waals surface area contributed by atoms with Gasteiger partial charge in [0.1, 0.15) is 11.4 Å². The zero-order chi connectivity index (χ0) is 13.0. The van der Waals surface area contributed by atoms with Crippen molar-refractivity contribution >= 4 is 0 Å². The van der Waals surface area contributed by atoms with Crippen LogP contribution in [0.15, 0.2) is 42.6 Å². The number of ether oxygens (including phenoxy) is 2. The smallest absolute Gasteiger partial charge is 0.145 e. The number of hydrogen-bond acceptors (Lipinski definition) is 3. The molecule has 0 N–H and O–H groups in total. The maximum atomic E-state index is 5.33. The standard InChI is InChI=1S/C15H17NO2/c1-11(17-2)12-6-4-7-13(10-12)15-14(18-3)8-5-9-16-15/h4-11H,1-3H3/t11-/m0/s1. The predicted molar refractivity (Wildman–Crippen MR) is 71.6 cm³/mol. The lowest BCUT2D eigenvalue weighted by Crippen LogP contribution is -1.97. The lowest BCUT2D eigenvalue weighted by Gasteiger charge is -2.12. The molecule has 1 atom stereocenters. The van der Waals surface area contributed by atoms with E-state index in [0.29, 0.717) is 0 Å². The van der Waals surface area contributed by atoms with E-state index in [0.717, 1.165) is 22.6 Å². The van der Waals surface area contributed by atoms with Gasteiger partial charge in [-0.15, -0.1) is 0 Å². The fraction of sp³-hybridized carbons (Fsp3) is 0.267. The van der Waals surface area contributed by atoms with Gasteiger partial charge in [-0.25, -0.2) is 0 Å². The summed E-state index contributed by atoms with van der Waals surface area (Å²) in [5.74, 6) is 0.778. The molecule has 3 nitrogen and oxygen atoms in total. The number of nitrogens with zero attached hydrogens (tertiary/aromatic N) is 1. The summed E-state index contributed by atoms with van der Waals surface area (Å²) in [6, 6.07) is 11.9. The minimum Gasteiger partial charge on any atom is -0.494 e. The topological polar surface area (TPSA) is 31.4 Å². The molecule has 0 amide bonds. The third-order valence-corrected chi connectivity index (χ3v) is 2.97. The SMILES string of the molecule is COc1cccnc1-c1cccc([C@H](C)OC)c1. The van der Waals surface area contributed by atoms with E-state index in [1.165, 1.54) is 0 Å². The molecule has 0 saturated carbocycles. The van der Waals surface area contributed by atoms with Crippen molar-refractivity contribution in [2.45, 2.75) is 13.0 Å². The summed E-state index contributed by atoms with van der Waals surface area (Å²) in [6.45, 7) is 2.02. The van der Waals surface area contributed by atoms with E-state index in [1.807, 2.05) is 37.3 Å². The second kappa shape index (κ2) is 5.65. The molecule has 0 aliphatic rings. The first-order valence-corrected chi connectivity index (χ1v) is 5.88. The highest BCUT2D eigenvalue weighted by atomic mass is 16.5. The Labute approximate surface area is 107 Å². The van der Waals surface area contributed by atoms with Gasteiger partial charge in [-0.05, 0) is 30.7 Å². The third kappa shape index (κ3) is 2.51. The van der Waals surface area contributed by atoms with Crippen molar-refractivity contribution in [1.82, 2.24) is 4.98 Å². The molecule has 0 saturated heterocycles. The van der Waals surface area contributed by atoms with Crippen LogP contribution in [0.2, 0.25) is 0 Å². The quantitative estimate of drug-likeness (QED) is 0.824. The largest absolute Gasteiger partial charge is 0.494 e. The van der Waals surface area contributed by atoms with Crippen LogP contribution in [-0.2, 0) is 4.74 Å². The minimum atomic E-state index is 0.0691. The third-order valence-electron chi connectivity index (χ3n) is 2.97. The van der Waals surface area contributed by atoms with Gasteiger partial charge in [-0.1, -0.05) is 18.2 Å². The molecule has 0 fully saturated rings.